The Labute approximate surface area is 238 Å². The average molecular weight is 557 g/mol. The monoisotopic (exact) mass is 556 g/mol. The number of methoxy groups -OCH3 is 2. The van der Waals surface area contributed by atoms with Crippen LogP contribution in [0.25, 0.3) is 6.08 Å². The van der Waals surface area contributed by atoms with Crippen molar-refractivity contribution < 1.29 is 33.6 Å². The van der Waals surface area contributed by atoms with E-state index in [-0.39, 0.29) is 29.0 Å². The van der Waals surface area contributed by atoms with E-state index < -0.39 is 0 Å². The number of para-hydroxylation sites is 1. The minimum absolute atomic E-state index is 0.0317. The van der Waals surface area contributed by atoms with Gasteiger partial charge in [0, 0.05) is 25.2 Å². The van der Waals surface area contributed by atoms with Gasteiger partial charge in [-0.15, -0.1) is 0 Å². The van der Waals surface area contributed by atoms with Crippen molar-refractivity contribution in [1.29, 1.82) is 0 Å². The molecule has 1 N–H and O–H groups in total. The van der Waals surface area contributed by atoms with E-state index in [1.165, 1.54) is 12.1 Å². The summed E-state index contributed by atoms with van der Waals surface area (Å²) in [5, 5.41) is 9.88. The number of fused-ring (bicyclic) bond motifs is 2. The number of hydrogen-bond acceptors (Lipinski definition) is 8. The maximum absolute atomic E-state index is 13.0. The fraction of sp³-hybridized carbons (Fsp3) is 0.281. The van der Waals surface area contributed by atoms with Crippen molar-refractivity contribution >= 4 is 29.7 Å². The number of carbonyl (C=O) groups is 2. The molecule has 5 rings (SSSR count). The first-order valence-electron chi connectivity index (χ1n) is 13.5. The third-order valence-electron chi connectivity index (χ3n) is 7.05. The molecule has 0 radical (unpaired) electrons. The molecule has 9 nitrogen and oxygen atoms in total. The van der Waals surface area contributed by atoms with Crippen LogP contribution in [0, 0.1) is 0 Å². The number of phenolic OH excluding ortho intramolecular Hbond substituents is 1. The normalized spacial score (nSPS) is 15.8. The second-order valence-corrected chi connectivity index (χ2v) is 9.68. The summed E-state index contributed by atoms with van der Waals surface area (Å²) in [5.41, 5.74) is 2.09. The summed E-state index contributed by atoms with van der Waals surface area (Å²) in [6.45, 7) is 1.47. The molecule has 1 amide bonds. The third-order valence-corrected chi connectivity index (χ3v) is 7.05. The molecule has 3 aromatic carbocycles. The Morgan fingerprint density at radius 2 is 1.76 bits per heavy atom. The molecular formula is C32H32N2O7. The molecule has 2 aliphatic rings. The number of ketones is 1. The lowest BCUT2D eigenvalue weighted by Gasteiger charge is -2.20. The maximum Gasteiger partial charge on any atom is 0.256 e. The lowest BCUT2D eigenvalue weighted by molar-refractivity contribution is 0.0774. The number of phenols is 1. The lowest BCUT2D eigenvalue weighted by atomic mass is 10.1. The standard InChI is InChI=1S/C32H32N2O7/c1-38-29-17-21(10-12-27(36)23-8-3-4-9-26(23)35)11-13-28(29)40-15-6-16-41-31-19-25-24(18-30(31)39-2)32(37)34-14-5-7-22(34)20-33-25/h3-4,8-13,17-20,22,35H,5-7,14-16H2,1-2H3/b12-10+/t22-/m0/s1. The summed E-state index contributed by atoms with van der Waals surface area (Å²) in [5.74, 6) is 1.70. The minimum Gasteiger partial charge on any atom is -0.507 e. The van der Waals surface area contributed by atoms with Gasteiger partial charge in [-0.3, -0.25) is 14.6 Å². The molecule has 0 aromatic heterocycles. The number of carbonyl (C=O) groups excluding carboxylic acids is 2. The van der Waals surface area contributed by atoms with Crippen LogP contribution in [0.15, 0.2) is 65.7 Å². The number of allylic oxidation sites excluding steroid dienone is 1. The van der Waals surface area contributed by atoms with Gasteiger partial charge in [0.15, 0.2) is 28.8 Å². The Bertz CT molecular complexity index is 1500. The Hall–Kier alpha value is -4.79. The number of aromatic hydroxyl groups is 1. The fourth-order valence-corrected chi connectivity index (χ4v) is 4.89. The van der Waals surface area contributed by atoms with Crippen LogP contribution in [-0.4, -0.2) is 67.9 Å². The van der Waals surface area contributed by atoms with E-state index in [0.29, 0.717) is 53.9 Å². The van der Waals surface area contributed by atoms with Crippen molar-refractivity contribution in [3.63, 3.8) is 0 Å². The van der Waals surface area contributed by atoms with E-state index in [4.69, 9.17) is 18.9 Å². The first-order chi connectivity index (χ1) is 20.0. The van der Waals surface area contributed by atoms with Crippen LogP contribution in [0.3, 0.4) is 0 Å². The summed E-state index contributed by atoms with van der Waals surface area (Å²) >= 11 is 0. The zero-order valence-electron chi connectivity index (χ0n) is 23.0. The van der Waals surface area contributed by atoms with Crippen molar-refractivity contribution in [2.24, 2.45) is 4.99 Å². The molecule has 0 bridgehead atoms. The van der Waals surface area contributed by atoms with E-state index in [1.54, 1.807) is 62.8 Å². The van der Waals surface area contributed by atoms with Crippen molar-refractivity contribution in [3.8, 4) is 28.7 Å². The number of ether oxygens (including phenoxy) is 4. The second-order valence-electron chi connectivity index (χ2n) is 9.68. The average Bonchev–Trinajstić information content (AvgIpc) is 3.43. The van der Waals surface area contributed by atoms with Crippen molar-refractivity contribution in [3.05, 3.63) is 77.4 Å². The Morgan fingerprint density at radius 3 is 2.54 bits per heavy atom. The van der Waals surface area contributed by atoms with E-state index in [0.717, 1.165) is 24.9 Å². The van der Waals surface area contributed by atoms with E-state index >= 15 is 0 Å². The lowest BCUT2D eigenvalue weighted by Crippen LogP contribution is -2.35. The first-order valence-corrected chi connectivity index (χ1v) is 13.5. The molecule has 2 heterocycles. The van der Waals surface area contributed by atoms with Gasteiger partial charge in [0.05, 0.1) is 50.3 Å². The van der Waals surface area contributed by atoms with Crippen LogP contribution < -0.4 is 18.9 Å². The van der Waals surface area contributed by atoms with Gasteiger partial charge in [0.1, 0.15) is 5.75 Å². The third kappa shape index (κ3) is 6.19. The summed E-state index contributed by atoms with van der Waals surface area (Å²) in [4.78, 5) is 31.9. The number of nitrogens with zero attached hydrogens (tertiary/aromatic N) is 2. The van der Waals surface area contributed by atoms with Gasteiger partial charge in [-0.2, -0.15) is 0 Å². The van der Waals surface area contributed by atoms with Crippen LogP contribution in [0.2, 0.25) is 0 Å². The number of aliphatic imine (C=N–C) groups is 1. The minimum atomic E-state index is -0.299. The highest BCUT2D eigenvalue weighted by Gasteiger charge is 2.32. The second kappa shape index (κ2) is 12.6. The van der Waals surface area contributed by atoms with Crippen LogP contribution in [-0.2, 0) is 0 Å². The highest BCUT2D eigenvalue weighted by molar-refractivity contribution is 6.08. The molecule has 0 spiro atoms. The zero-order valence-corrected chi connectivity index (χ0v) is 23.0. The van der Waals surface area contributed by atoms with Crippen LogP contribution >= 0.6 is 0 Å². The topological polar surface area (TPSA) is 107 Å². The Kier molecular flexibility index (Phi) is 8.53. The van der Waals surface area contributed by atoms with Gasteiger partial charge in [-0.1, -0.05) is 24.3 Å². The number of rotatable bonds is 11. The van der Waals surface area contributed by atoms with Crippen molar-refractivity contribution in [2.45, 2.75) is 25.3 Å². The summed E-state index contributed by atoms with van der Waals surface area (Å²) in [6, 6.07) is 15.3. The Balaban J connectivity index is 1.16. The molecule has 212 valence electrons. The largest absolute Gasteiger partial charge is 0.507 e. The number of amides is 1. The molecule has 1 saturated heterocycles. The highest BCUT2D eigenvalue weighted by atomic mass is 16.5. The SMILES string of the molecule is COc1cc(/C=C/C(=O)c2ccccc2O)ccc1OCCCOc1cc2c(cc1OC)C(=O)N1CCC[C@H]1C=N2. The molecule has 1 atom stereocenters. The van der Waals surface area contributed by atoms with Gasteiger partial charge in [0.25, 0.3) is 5.91 Å². The molecule has 9 heteroatoms. The van der Waals surface area contributed by atoms with E-state index in [2.05, 4.69) is 4.99 Å². The quantitative estimate of drug-likeness (QED) is 0.190. The maximum atomic E-state index is 13.0. The van der Waals surface area contributed by atoms with Crippen LogP contribution in [0.1, 0.15) is 45.5 Å². The predicted octanol–water partition coefficient (Wildman–Crippen LogP) is 5.47. The fourth-order valence-electron chi connectivity index (χ4n) is 4.89. The molecule has 2 aliphatic heterocycles. The summed E-state index contributed by atoms with van der Waals surface area (Å²) < 4.78 is 22.9. The molecule has 1 fully saturated rings. The van der Waals surface area contributed by atoms with Crippen molar-refractivity contribution in [1.82, 2.24) is 4.90 Å². The summed E-state index contributed by atoms with van der Waals surface area (Å²) in [7, 11) is 3.10. The number of hydrogen-bond donors (Lipinski definition) is 1. The highest BCUT2D eigenvalue weighted by Crippen LogP contribution is 2.38. The van der Waals surface area contributed by atoms with Gasteiger partial charge in [-0.25, -0.2) is 0 Å². The smallest absolute Gasteiger partial charge is 0.256 e. The molecule has 41 heavy (non-hydrogen) atoms. The Morgan fingerprint density at radius 1 is 1.00 bits per heavy atom. The van der Waals surface area contributed by atoms with Gasteiger partial charge < -0.3 is 29.0 Å². The van der Waals surface area contributed by atoms with Crippen molar-refractivity contribution in [2.75, 3.05) is 34.0 Å². The van der Waals surface area contributed by atoms with E-state index in [9.17, 15) is 14.7 Å². The molecule has 0 aliphatic carbocycles. The summed E-state index contributed by atoms with van der Waals surface area (Å²) in [6.07, 6.45) is 7.40. The van der Waals surface area contributed by atoms with Gasteiger partial charge >= 0.3 is 0 Å². The molecule has 0 saturated carbocycles. The van der Waals surface area contributed by atoms with Gasteiger partial charge in [0.2, 0.25) is 0 Å². The first kappa shape index (κ1) is 27.8. The zero-order chi connectivity index (χ0) is 28.8. The van der Waals surface area contributed by atoms with E-state index in [1.807, 2.05) is 17.2 Å². The van der Waals surface area contributed by atoms with Crippen LogP contribution in [0.4, 0.5) is 5.69 Å². The molecular weight excluding hydrogens is 524 g/mol. The van der Waals surface area contributed by atoms with Crippen LogP contribution in [0.5, 0.6) is 28.7 Å². The molecule has 0 unspecified atom stereocenters. The van der Waals surface area contributed by atoms with Gasteiger partial charge in [-0.05, 0) is 54.8 Å². The molecule has 3 aromatic rings. The number of benzene rings is 3. The predicted molar refractivity (Wildman–Crippen MR) is 155 cm³/mol.